The predicted molar refractivity (Wildman–Crippen MR) is 73.5 cm³/mol. The van der Waals surface area contributed by atoms with Gasteiger partial charge in [-0.25, -0.2) is 0 Å². The van der Waals surface area contributed by atoms with Crippen molar-refractivity contribution in [1.82, 2.24) is 0 Å². The number of rotatable bonds is 6. The number of carbonyl (C=O) groups is 2. The number of primary amides is 1. The Morgan fingerprint density at radius 3 is 2.32 bits per heavy atom. The molecule has 0 fully saturated rings. The molecule has 0 radical (unpaired) electrons. The van der Waals surface area contributed by atoms with Gasteiger partial charge in [0.1, 0.15) is 6.10 Å². The second-order valence-electron chi connectivity index (χ2n) is 4.47. The van der Waals surface area contributed by atoms with Gasteiger partial charge in [0.15, 0.2) is 0 Å². The van der Waals surface area contributed by atoms with E-state index in [9.17, 15) is 14.7 Å². The van der Waals surface area contributed by atoms with E-state index in [0.717, 1.165) is 0 Å². The minimum atomic E-state index is -1.12. The molecule has 1 rings (SSSR count). The van der Waals surface area contributed by atoms with Gasteiger partial charge in [0.25, 0.3) is 5.91 Å². The van der Waals surface area contributed by atoms with E-state index in [2.05, 4.69) is 0 Å². The van der Waals surface area contributed by atoms with Crippen LogP contribution in [0.15, 0.2) is 30.3 Å². The molecule has 1 aromatic rings. The number of para-hydroxylation sites is 1. The van der Waals surface area contributed by atoms with Crippen LogP contribution in [0.25, 0.3) is 0 Å². The lowest BCUT2D eigenvalue weighted by molar-refractivity contribution is -0.126. The molecule has 0 spiro atoms. The molecule has 2 atom stereocenters. The normalized spacial score (nSPS) is 13.6. The molecule has 0 saturated heterocycles. The van der Waals surface area contributed by atoms with Crippen LogP contribution in [0.3, 0.4) is 0 Å². The van der Waals surface area contributed by atoms with E-state index in [1.807, 2.05) is 13.0 Å². The van der Waals surface area contributed by atoms with Gasteiger partial charge in [0.05, 0.1) is 5.92 Å². The summed E-state index contributed by atoms with van der Waals surface area (Å²) in [5.41, 5.74) is 5.96. The highest BCUT2D eigenvalue weighted by molar-refractivity contribution is 5.96. The molecule has 5 nitrogen and oxygen atoms in total. The molecule has 0 aliphatic carbocycles. The second kappa shape index (κ2) is 6.89. The highest BCUT2D eigenvalue weighted by Gasteiger charge is 2.25. The lowest BCUT2D eigenvalue weighted by atomic mass is 10.0. The highest BCUT2D eigenvalue weighted by atomic mass is 16.3. The van der Waals surface area contributed by atoms with E-state index in [1.165, 1.54) is 11.8 Å². The van der Waals surface area contributed by atoms with Crippen molar-refractivity contribution in [2.45, 2.75) is 26.4 Å². The van der Waals surface area contributed by atoms with Gasteiger partial charge in [-0.2, -0.15) is 0 Å². The number of amides is 2. The maximum atomic E-state index is 12.0. The summed E-state index contributed by atoms with van der Waals surface area (Å²) in [5, 5.41) is 9.47. The molecule has 2 amide bonds. The molecule has 5 heteroatoms. The summed E-state index contributed by atoms with van der Waals surface area (Å²) in [7, 11) is 0. The predicted octanol–water partition coefficient (Wildman–Crippen LogP) is 0.912. The first-order valence-corrected chi connectivity index (χ1v) is 6.31. The van der Waals surface area contributed by atoms with Crippen LogP contribution in [-0.2, 0) is 9.59 Å². The first kappa shape index (κ1) is 15.2. The molecule has 1 aromatic carbocycles. The van der Waals surface area contributed by atoms with Gasteiger partial charge in [0.2, 0.25) is 5.91 Å². The Balaban J connectivity index is 3.00. The van der Waals surface area contributed by atoms with Crippen LogP contribution in [0, 0.1) is 5.92 Å². The van der Waals surface area contributed by atoms with Gasteiger partial charge in [-0.05, 0) is 25.5 Å². The molecular formula is C14H20N2O3. The zero-order valence-corrected chi connectivity index (χ0v) is 11.2. The maximum absolute atomic E-state index is 12.0. The fraction of sp³-hybridized carbons (Fsp3) is 0.429. The molecule has 19 heavy (non-hydrogen) atoms. The van der Waals surface area contributed by atoms with Gasteiger partial charge < -0.3 is 15.7 Å². The summed E-state index contributed by atoms with van der Waals surface area (Å²) in [5.74, 6) is -1.31. The molecule has 0 aromatic heterocycles. The minimum Gasteiger partial charge on any atom is -0.384 e. The highest BCUT2D eigenvalue weighted by Crippen LogP contribution is 2.17. The number of hydrogen-bond donors (Lipinski definition) is 2. The summed E-state index contributed by atoms with van der Waals surface area (Å²) in [6.45, 7) is 3.43. The standard InChI is InChI=1S/C14H20N2O3/c1-3-11(13(15)18)9-16(14(19)10(2)17)12-7-5-4-6-8-12/h4-8,10-11,17H,3,9H2,1-2H3,(H2,15,18)/t10?,11-/m1/s1. The van der Waals surface area contributed by atoms with Gasteiger partial charge >= 0.3 is 0 Å². The summed E-state index contributed by atoms with van der Waals surface area (Å²) in [6.07, 6.45) is -0.572. The largest absolute Gasteiger partial charge is 0.384 e. The Labute approximate surface area is 113 Å². The average molecular weight is 264 g/mol. The Hall–Kier alpha value is -1.88. The van der Waals surface area contributed by atoms with E-state index >= 15 is 0 Å². The number of benzene rings is 1. The number of hydrogen-bond acceptors (Lipinski definition) is 3. The molecule has 0 aliphatic rings. The summed E-state index contributed by atoms with van der Waals surface area (Å²) < 4.78 is 0. The second-order valence-corrected chi connectivity index (χ2v) is 4.47. The van der Waals surface area contributed by atoms with Crippen LogP contribution >= 0.6 is 0 Å². The van der Waals surface area contributed by atoms with E-state index in [4.69, 9.17) is 5.73 Å². The number of carbonyl (C=O) groups excluding carboxylic acids is 2. The zero-order valence-electron chi connectivity index (χ0n) is 11.2. The van der Waals surface area contributed by atoms with Gasteiger partial charge in [-0.3, -0.25) is 9.59 Å². The van der Waals surface area contributed by atoms with Crippen LogP contribution in [0.4, 0.5) is 5.69 Å². The maximum Gasteiger partial charge on any atom is 0.255 e. The van der Waals surface area contributed by atoms with Crippen molar-refractivity contribution < 1.29 is 14.7 Å². The average Bonchev–Trinajstić information content (AvgIpc) is 2.39. The number of anilines is 1. The molecule has 0 saturated carbocycles. The fourth-order valence-corrected chi connectivity index (χ4v) is 1.80. The first-order valence-electron chi connectivity index (χ1n) is 6.31. The van der Waals surface area contributed by atoms with E-state index in [0.29, 0.717) is 12.1 Å². The third kappa shape index (κ3) is 4.06. The number of aliphatic hydroxyl groups excluding tert-OH is 1. The van der Waals surface area contributed by atoms with Crippen molar-refractivity contribution in [3.8, 4) is 0 Å². The topological polar surface area (TPSA) is 83.6 Å². The molecule has 0 aliphatic heterocycles. The third-order valence-electron chi connectivity index (χ3n) is 2.99. The molecule has 3 N–H and O–H groups in total. The Bertz CT molecular complexity index is 432. The molecule has 0 bridgehead atoms. The van der Waals surface area contributed by atoms with Crippen molar-refractivity contribution in [2.75, 3.05) is 11.4 Å². The smallest absolute Gasteiger partial charge is 0.255 e. The molecular weight excluding hydrogens is 244 g/mol. The summed E-state index contributed by atoms with van der Waals surface area (Å²) in [4.78, 5) is 24.8. The van der Waals surface area contributed by atoms with Crippen molar-refractivity contribution in [3.05, 3.63) is 30.3 Å². The Morgan fingerprint density at radius 1 is 1.32 bits per heavy atom. The quantitative estimate of drug-likeness (QED) is 0.801. The van der Waals surface area contributed by atoms with Crippen LogP contribution in [-0.4, -0.2) is 29.6 Å². The van der Waals surface area contributed by atoms with Crippen LogP contribution in [0.1, 0.15) is 20.3 Å². The zero-order chi connectivity index (χ0) is 14.4. The lowest BCUT2D eigenvalue weighted by Gasteiger charge is -2.27. The van der Waals surface area contributed by atoms with E-state index < -0.39 is 23.8 Å². The van der Waals surface area contributed by atoms with Gasteiger partial charge in [-0.15, -0.1) is 0 Å². The van der Waals surface area contributed by atoms with E-state index in [-0.39, 0.29) is 6.54 Å². The molecule has 0 heterocycles. The monoisotopic (exact) mass is 264 g/mol. The van der Waals surface area contributed by atoms with Crippen LogP contribution < -0.4 is 10.6 Å². The van der Waals surface area contributed by atoms with Crippen LogP contribution in [0.5, 0.6) is 0 Å². The first-order chi connectivity index (χ1) is 8.97. The van der Waals surface area contributed by atoms with Crippen molar-refractivity contribution in [3.63, 3.8) is 0 Å². The van der Waals surface area contributed by atoms with Gasteiger partial charge in [-0.1, -0.05) is 25.1 Å². The summed E-state index contributed by atoms with van der Waals surface area (Å²) >= 11 is 0. The Morgan fingerprint density at radius 2 is 1.89 bits per heavy atom. The lowest BCUT2D eigenvalue weighted by Crippen LogP contribution is -2.43. The number of aliphatic hydroxyl groups is 1. The number of nitrogens with zero attached hydrogens (tertiary/aromatic N) is 1. The van der Waals surface area contributed by atoms with Crippen molar-refractivity contribution in [1.29, 1.82) is 0 Å². The minimum absolute atomic E-state index is 0.180. The number of nitrogens with two attached hydrogens (primary N) is 1. The van der Waals surface area contributed by atoms with Crippen LogP contribution in [0.2, 0.25) is 0 Å². The third-order valence-corrected chi connectivity index (χ3v) is 2.99. The van der Waals surface area contributed by atoms with Crippen molar-refractivity contribution in [2.24, 2.45) is 11.7 Å². The summed E-state index contributed by atoms with van der Waals surface area (Å²) in [6, 6.07) is 8.94. The van der Waals surface area contributed by atoms with E-state index in [1.54, 1.807) is 24.3 Å². The van der Waals surface area contributed by atoms with Crippen molar-refractivity contribution >= 4 is 17.5 Å². The molecule has 104 valence electrons. The Kier molecular flexibility index (Phi) is 5.51. The van der Waals surface area contributed by atoms with Gasteiger partial charge in [0, 0.05) is 12.2 Å². The fourth-order valence-electron chi connectivity index (χ4n) is 1.80. The SMILES string of the molecule is CC[C@H](CN(C(=O)C(C)O)c1ccccc1)C(N)=O. The molecule has 1 unspecified atom stereocenters.